The standard InChI is InChI=1S/C24H18BrCl4N3O4/c1-2-35-21-7-13(6-18(25)22(21)36-12-17-19(28)4-3-5-20(17)29)11-30-32-24(34)23(33)31-16-9-14(26)8-15(27)10-16/h3-11H,2,12H2,1H3,(H,31,33)(H,32,34)/b30-11+. The molecule has 0 aliphatic heterocycles. The summed E-state index contributed by atoms with van der Waals surface area (Å²) in [7, 11) is 0. The lowest BCUT2D eigenvalue weighted by Crippen LogP contribution is -2.32. The zero-order valence-electron chi connectivity index (χ0n) is 18.6. The van der Waals surface area contributed by atoms with Gasteiger partial charge in [0.1, 0.15) is 6.61 Å². The van der Waals surface area contributed by atoms with Gasteiger partial charge in [0.25, 0.3) is 0 Å². The molecule has 0 aromatic heterocycles. The number of hydrogen-bond donors (Lipinski definition) is 2. The Bertz CT molecular complexity index is 1280. The third kappa shape index (κ3) is 7.75. The Morgan fingerprint density at radius 1 is 0.972 bits per heavy atom. The van der Waals surface area contributed by atoms with E-state index in [1.165, 1.54) is 24.4 Å². The number of amides is 2. The second kappa shape index (κ2) is 13.2. The lowest BCUT2D eigenvalue weighted by molar-refractivity contribution is -0.136. The third-order valence-corrected chi connectivity index (χ3v) is 6.19. The van der Waals surface area contributed by atoms with E-state index in [1.807, 2.05) is 6.92 Å². The molecule has 0 unspecified atom stereocenters. The Balaban J connectivity index is 1.68. The quantitative estimate of drug-likeness (QED) is 0.157. The van der Waals surface area contributed by atoms with Crippen molar-refractivity contribution in [3.05, 3.63) is 84.2 Å². The second-order valence-electron chi connectivity index (χ2n) is 7.06. The molecule has 3 aromatic rings. The fourth-order valence-electron chi connectivity index (χ4n) is 2.91. The first-order valence-corrected chi connectivity index (χ1v) is 12.6. The Morgan fingerprint density at radius 3 is 2.28 bits per heavy atom. The number of rotatable bonds is 8. The predicted molar refractivity (Wildman–Crippen MR) is 147 cm³/mol. The van der Waals surface area contributed by atoms with E-state index in [0.29, 0.717) is 53.8 Å². The van der Waals surface area contributed by atoms with Gasteiger partial charge in [0.2, 0.25) is 0 Å². The SMILES string of the molecule is CCOc1cc(/C=N/NC(=O)C(=O)Nc2cc(Cl)cc(Cl)c2)cc(Br)c1OCc1c(Cl)cccc1Cl. The maximum atomic E-state index is 12.1. The first-order valence-electron chi connectivity index (χ1n) is 10.3. The summed E-state index contributed by atoms with van der Waals surface area (Å²) in [5.41, 5.74) is 3.64. The van der Waals surface area contributed by atoms with Gasteiger partial charge in [-0.3, -0.25) is 9.59 Å². The normalized spacial score (nSPS) is 10.8. The Morgan fingerprint density at radius 2 is 1.64 bits per heavy atom. The highest BCUT2D eigenvalue weighted by Gasteiger charge is 2.16. The van der Waals surface area contributed by atoms with Crippen LogP contribution in [0.2, 0.25) is 20.1 Å². The first kappa shape index (κ1) is 28.1. The molecule has 3 rings (SSSR count). The average molecular weight is 634 g/mol. The van der Waals surface area contributed by atoms with Crippen LogP contribution in [-0.2, 0) is 16.2 Å². The molecule has 3 aromatic carbocycles. The van der Waals surface area contributed by atoms with Crippen LogP contribution < -0.4 is 20.2 Å². The van der Waals surface area contributed by atoms with Crippen LogP contribution in [0.5, 0.6) is 11.5 Å². The summed E-state index contributed by atoms with van der Waals surface area (Å²) in [4.78, 5) is 24.2. The van der Waals surface area contributed by atoms with Crippen molar-refractivity contribution in [3.63, 3.8) is 0 Å². The van der Waals surface area contributed by atoms with Gasteiger partial charge in [-0.25, -0.2) is 5.43 Å². The average Bonchev–Trinajstić information content (AvgIpc) is 2.79. The van der Waals surface area contributed by atoms with E-state index in [2.05, 4.69) is 31.8 Å². The van der Waals surface area contributed by atoms with Crippen molar-refractivity contribution in [1.29, 1.82) is 0 Å². The number of carbonyl (C=O) groups excluding carboxylic acids is 2. The van der Waals surface area contributed by atoms with E-state index >= 15 is 0 Å². The van der Waals surface area contributed by atoms with Crippen LogP contribution in [0.1, 0.15) is 18.1 Å². The Labute approximate surface area is 235 Å². The zero-order chi connectivity index (χ0) is 26.2. The van der Waals surface area contributed by atoms with E-state index in [9.17, 15) is 9.59 Å². The minimum atomic E-state index is -0.983. The lowest BCUT2D eigenvalue weighted by Gasteiger charge is -2.15. The van der Waals surface area contributed by atoms with Crippen LogP contribution in [0.15, 0.2) is 58.1 Å². The molecule has 2 N–H and O–H groups in total. The van der Waals surface area contributed by atoms with Crippen molar-refractivity contribution < 1.29 is 19.1 Å². The highest BCUT2D eigenvalue weighted by molar-refractivity contribution is 9.10. The number of hydrazone groups is 1. The fraction of sp³-hybridized carbons (Fsp3) is 0.125. The molecular formula is C24H18BrCl4N3O4. The van der Waals surface area contributed by atoms with Gasteiger partial charge in [-0.1, -0.05) is 52.5 Å². The number of ether oxygens (including phenoxy) is 2. The molecule has 0 aliphatic carbocycles. The van der Waals surface area contributed by atoms with Crippen LogP contribution >= 0.6 is 62.3 Å². The Hall–Kier alpha value is -2.49. The largest absolute Gasteiger partial charge is 0.490 e. The van der Waals surface area contributed by atoms with Gasteiger partial charge in [-0.15, -0.1) is 0 Å². The minimum absolute atomic E-state index is 0.119. The molecule has 0 fully saturated rings. The number of hydrogen-bond acceptors (Lipinski definition) is 5. The number of benzene rings is 3. The molecule has 0 saturated heterocycles. The van der Waals surface area contributed by atoms with Gasteiger partial charge < -0.3 is 14.8 Å². The molecule has 36 heavy (non-hydrogen) atoms. The van der Waals surface area contributed by atoms with Crippen LogP contribution in [0.25, 0.3) is 0 Å². The maximum Gasteiger partial charge on any atom is 0.329 e. The van der Waals surface area contributed by atoms with Gasteiger partial charge in [-0.05, 0) is 70.9 Å². The van der Waals surface area contributed by atoms with Crippen LogP contribution in [-0.4, -0.2) is 24.6 Å². The molecule has 7 nitrogen and oxygen atoms in total. The van der Waals surface area contributed by atoms with Gasteiger partial charge in [0.05, 0.1) is 17.3 Å². The number of carbonyl (C=O) groups is 2. The highest BCUT2D eigenvalue weighted by atomic mass is 79.9. The van der Waals surface area contributed by atoms with Crippen LogP contribution in [0.4, 0.5) is 5.69 Å². The molecule has 0 atom stereocenters. The summed E-state index contributed by atoms with van der Waals surface area (Å²) in [6.45, 7) is 2.32. The summed E-state index contributed by atoms with van der Waals surface area (Å²) >= 11 is 27.7. The molecule has 12 heteroatoms. The Kier molecular flexibility index (Phi) is 10.3. The summed E-state index contributed by atoms with van der Waals surface area (Å²) < 4.78 is 12.2. The lowest BCUT2D eigenvalue weighted by atomic mass is 10.2. The fourth-order valence-corrected chi connectivity index (χ4v) is 4.52. The van der Waals surface area contributed by atoms with Crippen molar-refractivity contribution >= 4 is 86.1 Å². The maximum absolute atomic E-state index is 12.1. The molecule has 0 radical (unpaired) electrons. The first-order chi connectivity index (χ1) is 17.2. The molecule has 2 amide bonds. The van der Waals surface area contributed by atoms with E-state index in [4.69, 9.17) is 55.9 Å². The molecule has 0 bridgehead atoms. The van der Waals surface area contributed by atoms with E-state index in [-0.39, 0.29) is 12.3 Å². The van der Waals surface area contributed by atoms with Crippen molar-refractivity contribution in [2.24, 2.45) is 5.10 Å². The zero-order valence-corrected chi connectivity index (χ0v) is 23.2. The molecule has 0 spiro atoms. The van der Waals surface area contributed by atoms with Gasteiger partial charge >= 0.3 is 11.8 Å². The monoisotopic (exact) mass is 631 g/mol. The third-order valence-electron chi connectivity index (χ3n) is 4.46. The molecule has 188 valence electrons. The van der Waals surface area contributed by atoms with Crippen molar-refractivity contribution in [2.75, 3.05) is 11.9 Å². The highest BCUT2D eigenvalue weighted by Crippen LogP contribution is 2.38. The molecule has 0 heterocycles. The smallest absolute Gasteiger partial charge is 0.329 e. The topological polar surface area (TPSA) is 89.0 Å². The summed E-state index contributed by atoms with van der Waals surface area (Å²) in [5.74, 6) is -1.06. The summed E-state index contributed by atoms with van der Waals surface area (Å²) in [6.07, 6.45) is 1.35. The molecule has 0 saturated carbocycles. The van der Waals surface area contributed by atoms with Gasteiger partial charge in [0.15, 0.2) is 11.5 Å². The van der Waals surface area contributed by atoms with Crippen LogP contribution in [0, 0.1) is 0 Å². The predicted octanol–water partition coefficient (Wildman–Crippen LogP) is 7.13. The minimum Gasteiger partial charge on any atom is -0.490 e. The molecule has 0 aliphatic rings. The molecular weight excluding hydrogens is 616 g/mol. The van der Waals surface area contributed by atoms with Crippen molar-refractivity contribution in [1.82, 2.24) is 5.43 Å². The summed E-state index contributed by atoms with van der Waals surface area (Å²) in [5, 5.41) is 7.83. The van der Waals surface area contributed by atoms with E-state index < -0.39 is 11.8 Å². The van der Waals surface area contributed by atoms with E-state index in [1.54, 1.807) is 30.3 Å². The van der Waals surface area contributed by atoms with Gasteiger partial charge in [-0.2, -0.15) is 5.10 Å². The number of halogens is 5. The number of nitrogens with one attached hydrogen (secondary N) is 2. The van der Waals surface area contributed by atoms with Crippen molar-refractivity contribution in [2.45, 2.75) is 13.5 Å². The van der Waals surface area contributed by atoms with Crippen molar-refractivity contribution in [3.8, 4) is 11.5 Å². The van der Waals surface area contributed by atoms with Crippen LogP contribution in [0.3, 0.4) is 0 Å². The summed E-state index contributed by atoms with van der Waals surface area (Å²) in [6, 6.07) is 13.0. The van der Waals surface area contributed by atoms with Gasteiger partial charge in [0, 0.05) is 31.3 Å². The second-order valence-corrected chi connectivity index (χ2v) is 9.60. The number of nitrogens with zero attached hydrogens (tertiary/aromatic N) is 1. The van der Waals surface area contributed by atoms with E-state index in [0.717, 1.165) is 0 Å². The number of anilines is 1.